The van der Waals surface area contributed by atoms with Crippen LogP contribution in [-0.2, 0) is 0 Å². The molecule has 4 heteroatoms. The van der Waals surface area contributed by atoms with Crippen LogP contribution >= 0.6 is 15.9 Å². The van der Waals surface area contributed by atoms with Crippen LogP contribution in [0.25, 0.3) is 22.6 Å². The molecule has 0 atom stereocenters. The van der Waals surface area contributed by atoms with Crippen LogP contribution in [0.1, 0.15) is 0 Å². The summed E-state index contributed by atoms with van der Waals surface area (Å²) in [6, 6.07) is 12.0. The zero-order valence-corrected chi connectivity index (χ0v) is 10.2. The van der Waals surface area contributed by atoms with E-state index in [0.717, 1.165) is 9.99 Å². The van der Waals surface area contributed by atoms with Gasteiger partial charge in [0, 0.05) is 4.47 Å². The highest BCUT2D eigenvalue weighted by Gasteiger charge is 2.12. The molecule has 0 bridgehead atoms. The monoisotopic (exact) mass is 291 g/mol. The minimum absolute atomic E-state index is 0.296. The normalized spacial score (nSPS) is 10.9. The minimum atomic E-state index is -0.347. The Labute approximate surface area is 105 Å². The molecule has 0 unspecified atom stereocenters. The summed E-state index contributed by atoms with van der Waals surface area (Å²) >= 11 is 3.30. The molecule has 0 saturated heterocycles. The molecule has 0 aliphatic carbocycles. The topological polar surface area (TPSA) is 26.0 Å². The van der Waals surface area contributed by atoms with Crippen molar-refractivity contribution in [1.29, 1.82) is 0 Å². The molecular weight excluding hydrogens is 285 g/mol. The standard InChI is InChI=1S/C13H7BrFNO/c14-8-5-6-10(15)9(7-8)13-16-11-3-1-2-4-12(11)17-13/h1-7H. The number of halogens is 2. The maximum atomic E-state index is 13.7. The first-order chi connectivity index (χ1) is 8.24. The maximum absolute atomic E-state index is 13.7. The molecule has 84 valence electrons. The van der Waals surface area contributed by atoms with E-state index in [1.807, 2.05) is 24.3 Å². The molecule has 1 heterocycles. The summed E-state index contributed by atoms with van der Waals surface area (Å²) in [6.07, 6.45) is 0. The lowest BCUT2D eigenvalue weighted by molar-refractivity contribution is 0.593. The summed E-state index contributed by atoms with van der Waals surface area (Å²) in [5.41, 5.74) is 1.74. The molecular formula is C13H7BrFNO. The van der Waals surface area contributed by atoms with E-state index in [-0.39, 0.29) is 5.82 Å². The molecule has 2 nitrogen and oxygen atoms in total. The number of hydrogen-bond donors (Lipinski definition) is 0. The van der Waals surface area contributed by atoms with E-state index >= 15 is 0 Å². The Morgan fingerprint density at radius 2 is 1.94 bits per heavy atom. The first-order valence-electron chi connectivity index (χ1n) is 5.05. The highest BCUT2D eigenvalue weighted by atomic mass is 79.9. The SMILES string of the molecule is Fc1ccc(Br)cc1-c1nc2ccccc2o1. The highest BCUT2D eigenvalue weighted by Crippen LogP contribution is 2.28. The molecule has 3 rings (SSSR count). The highest BCUT2D eigenvalue weighted by molar-refractivity contribution is 9.10. The van der Waals surface area contributed by atoms with Gasteiger partial charge in [0.15, 0.2) is 5.58 Å². The van der Waals surface area contributed by atoms with Gasteiger partial charge < -0.3 is 4.42 Å². The fourth-order valence-electron chi connectivity index (χ4n) is 1.65. The number of fused-ring (bicyclic) bond motifs is 1. The van der Waals surface area contributed by atoms with Crippen LogP contribution < -0.4 is 0 Å². The molecule has 0 N–H and O–H groups in total. The van der Waals surface area contributed by atoms with Crippen LogP contribution in [0.15, 0.2) is 51.4 Å². The van der Waals surface area contributed by atoms with Crippen molar-refractivity contribution >= 4 is 27.0 Å². The van der Waals surface area contributed by atoms with Gasteiger partial charge in [-0.15, -0.1) is 0 Å². The van der Waals surface area contributed by atoms with Crippen molar-refractivity contribution < 1.29 is 8.81 Å². The first-order valence-corrected chi connectivity index (χ1v) is 5.84. The lowest BCUT2D eigenvalue weighted by atomic mass is 10.2. The van der Waals surface area contributed by atoms with Crippen molar-refractivity contribution in [3.8, 4) is 11.5 Å². The van der Waals surface area contributed by atoms with Crippen LogP contribution in [0, 0.1) is 5.82 Å². The zero-order chi connectivity index (χ0) is 11.8. The Balaban J connectivity index is 2.23. The van der Waals surface area contributed by atoms with Crippen molar-refractivity contribution in [2.24, 2.45) is 0 Å². The Hall–Kier alpha value is -1.68. The Kier molecular flexibility index (Phi) is 2.44. The molecule has 0 radical (unpaired) electrons. The second-order valence-electron chi connectivity index (χ2n) is 3.61. The molecule has 1 aromatic heterocycles. The van der Waals surface area contributed by atoms with Gasteiger partial charge in [-0.3, -0.25) is 0 Å². The Morgan fingerprint density at radius 1 is 1.12 bits per heavy atom. The van der Waals surface area contributed by atoms with E-state index < -0.39 is 0 Å². The predicted octanol–water partition coefficient (Wildman–Crippen LogP) is 4.40. The summed E-state index contributed by atoms with van der Waals surface area (Å²) in [5, 5.41) is 0. The van der Waals surface area contributed by atoms with Crippen molar-refractivity contribution in [1.82, 2.24) is 4.98 Å². The quantitative estimate of drug-likeness (QED) is 0.664. The number of aromatic nitrogens is 1. The number of hydrogen-bond acceptors (Lipinski definition) is 2. The van der Waals surface area contributed by atoms with Crippen LogP contribution in [-0.4, -0.2) is 4.98 Å². The van der Waals surface area contributed by atoms with Gasteiger partial charge in [-0.05, 0) is 30.3 Å². The molecule has 0 aliphatic heterocycles. The van der Waals surface area contributed by atoms with E-state index in [2.05, 4.69) is 20.9 Å². The van der Waals surface area contributed by atoms with E-state index in [9.17, 15) is 4.39 Å². The average molecular weight is 292 g/mol. The van der Waals surface area contributed by atoms with Gasteiger partial charge in [0.1, 0.15) is 11.3 Å². The minimum Gasteiger partial charge on any atom is -0.436 e. The lowest BCUT2D eigenvalue weighted by Gasteiger charge is -1.98. The van der Waals surface area contributed by atoms with Gasteiger partial charge in [-0.25, -0.2) is 9.37 Å². The average Bonchev–Trinajstić information content (AvgIpc) is 2.75. The second kappa shape index (κ2) is 3.96. The van der Waals surface area contributed by atoms with Gasteiger partial charge in [-0.1, -0.05) is 28.1 Å². The molecule has 0 saturated carbocycles. The smallest absolute Gasteiger partial charge is 0.230 e. The third-order valence-electron chi connectivity index (χ3n) is 2.45. The molecule has 2 aromatic carbocycles. The Bertz CT molecular complexity index is 660. The van der Waals surface area contributed by atoms with Crippen LogP contribution in [0.3, 0.4) is 0 Å². The maximum Gasteiger partial charge on any atom is 0.230 e. The third kappa shape index (κ3) is 1.85. The summed E-state index contributed by atoms with van der Waals surface area (Å²) < 4.78 is 20.0. The number of para-hydroxylation sites is 2. The summed E-state index contributed by atoms with van der Waals surface area (Å²) in [5.74, 6) is -0.0512. The summed E-state index contributed by atoms with van der Waals surface area (Å²) in [6.45, 7) is 0. The van der Waals surface area contributed by atoms with Gasteiger partial charge in [0.2, 0.25) is 5.89 Å². The van der Waals surface area contributed by atoms with Crippen molar-refractivity contribution in [3.63, 3.8) is 0 Å². The molecule has 0 amide bonds. The van der Waals surface area contributed by atoms with Crippen molar-refractivity contribution in [2.45, 2.75) is 0 Å². The number of nitrogens with zero attached hydrogens (tertiary/aromatic N) is 1. The van der Waals surface area contributed by atoms with Crippen LogP contribution in [0.2, 0.25) is 0 Å². The van der Waals surface area contributed by atoms with E-state index in [1.54, 1.807) is 12.1 Å². The second-order valence-corrected chi connectivity index (χ2v) is 4.53. The van der Waals surface area contributed by atoms with E-state index in [0.29, 0.717) is 17.0 Å². The molecule has 17 heavy (non-hydrogen) atoms. The van der Waals surface area contributed by atoms with Gasteiger partial charge in [0.05, 0.1) is 5.56 Å². The molecule has 0 fully saturated rings. The van der Waals surface area contributed by atoms with E-state index in [4.69, 9.17) is 4.42 Å². The fourth-order valence-corrected chi connectivity index (χ4v) is 2.01. The summed E-state index contributed by atoms with van der Waals surface area (Å²) in [4.78, 5) is 4.26. The van der Waals surface area contributed by atoms with Crippen LogP contribution in [0.4, 0.5) is 4.39 Å². The largest absolute Gasteiger partial charge is 0.436 e. The van der Waals surface area contributed by atoms with E-state index in [1.165, 1.54) is 6.07 Å². The van der Waals surface area contributed by atoms with Crippen LogP contribution in [0.5, 0.6) is 0 Å². The fraction of sp³-hybridized carbons (Fsp3) is 0. The lowest BCUT2D eigenvalue weighted by Crippen LogP contribution is -1.83. The first kappa shape index (κ1) is 10.5. The van der Waals surface area contributed by atoms with Gasteiger partial charge in [-0.2, -0.15) is 0 Å². The third-order valence-corrected chi connectivity index (χ3v) is 2.95. The van der Waals surface area contributed by atoms with Crippen molar-refractivity contribution in [3.05, 3.63) is 52.8 Å². The number of oxazole rings is 1. The molecule has 0 aliphatic rings. The molecule has 3 aromatic rings. The number of benzene rings is 2. The van der Waals surface area contributed by atoms with Gasteiger partial charge >= 0.3 is 0 Å². The molecule has 0 spiro atoms. The van der Waals surface area contributed by atoms with Crippen molar-refractivity contribution in [2.75, 3.05) is 0 Å². The predicted molar refractivity (Wildman–Crippen MR) is 67.1 cm³/mol. The number of rotatable bonds is 1. The Morgan fingerprint density at radius 3 is 2.76 bits per heavy atom. The zero-order valence-electron chi connectivity index (χ0n) is 8.65. The van der Waals surface area contributed by atoms with Gasteiger partial charge in [0.25, 0.3) is 0 Å². The summed E-state index contributed by atoms with van der Waals surface area (Å²) in [7, 11) is 0.